The molecule has 2 aromatic rings. The second-order valence-corrected chi connectivity index (χ2v) is 6.18. The zero-order valence-electron chi connectivity index (χ0n) is 13.0. The number of aryl methyl sites for hydroxylation is 3. The van der Waals surface area contributed by atoms with Gasteiger partial charge in [-0.15, -0.1) is 10.2 Å². The summed E-state index contributed by atoms with van der Waals surface area (Å²) >= 11 is 1.71. The first-order valence-corrected chi connectivity index (χ1v) is 8.12. The standard InChI is InChI=1S/C16H23N3OS/c1-12-6-4-7-13(2)15(12)16-19-18-14(21-16)8-5-9-17-10-11-20-3/h4,6-7,17H,5,8-11H2,1-3H3. The number of aromatic nitrogens is 2. The van der Waals surface area contributed by atoms with Crippen molar-refractivity contribution in [1.29, 1.82) is 0 Å². The Kier molecular flexibility index (Phi) is 6.29. The van der Waals surface area contributed by atoms with Gasteiger partial charge in [-0.1, -0.05) is 29.5 Å². The van der Waals surface area contributed by atoms with Crippen LogP contribution >= 0.6 is 11.3 Å². The first kappa shape index (κ1) is 16.1. The van der Waals surface area contributed by atoms with Crippen molar-refractivity contribution in [1.82, 2.24) is 15.5 Å². The van der Waals surface area contributed by atoms with E-state index in [1.807, 2.05) is 0 Å². The van der Waals surface area contributed by atoms with Gasteiger partial charge in [-0.05, 0) is 37.9 Å². The molecule has 0 unspecified atom stereocenters. The van der Waals surface area contributed by atoms with Crippen LogP contribution in [0.4, 0.5) is 0 Å². The molecule has 21 heavy (non-hydrogen) atoms. The molecule has 0 fully saturated rings. The Labute approximate surface area is 130 Å². The van der Waals surface area contributed by atoms with Crippen LogP contribution in [0.25, 0.3) is 10.6 Å². The van der Waals surface area contributed by atoms with Crippen molar-refractivity contribution in [3.8, 4) is 10.6 Å². The van der Waals surface area contributed by atoms with Crippen molar-refractivity contribution in [3.05, 3.63) is 34.3 Å². The van der Waals surface area contributed by atoms with Crippen molar-refractivity contribution in [2.45, 2.75) is 26.7 Å². The third kappa shape index (κ3) is 4.59. The maximum atomic E-state index is 5.00. The number of rotatable bonds is 8. The van der Waals surface area contributed by atoms with Crippen molar-refractivity contribution in [2.24, 2.45) is 0 Å². The Balaban J connectivity index is 1.90. The molecule has 0 saturated heterocycles. The minimum absolute atomic E-state index is 0.759. The molecule has 114 valence electrons. The number of benzene rings is 1. The van der Waals surface area contributed by atoms with Gasteiger partial charge >= 0.3 is 0 Å². The number of nitrogens with zero attached hydrogens (tertiary/aromatic N) is 2. The second-order valence-electron chi connectivity index (χ2n) is 5.11. The molecule has 0 amide bonds. The smallest absolute Gasteiger partial charge is 0.148 e. The maximum absolute atomic E-state index is 5.00. The van der Waals surface area contributed by atoms with Crippen molar-refractivity contribution in [3.63, 3.8) is 0 Å². The van der Waals surface area contributed by atoms with E-state index >= 15 is 0 Å². The molecule has 5 heteroatoms. The second kappa shape index (κ2) is 8.22. The topological polar surface area (TPSA) is 47.0 Å². The summed E-state index contributed by atoms with van der Waals surface area (Å²) < 4.78 is 5.00. The van der Waals surface area contributed by atoms with E-state index in [1.54, 1.807) is 18.4 Å². The van der Waals surface area contributed by atoms with Crippen LogP contribution in [0.1, 0.15) is 22.6 Å². The quantitative estimate of drug-likeness (QED) is 0.762. The number of nitrogens with one attached hydrogen (secondary N) is 1. The van der Waals surface area contributed by atoms with Crippen LogP contribution < -0.4 is 5.32 Å². The highest BCUT2D eigenvalue weighted by Crippen LogP contribution is 2.29. The lowest BCUT2D eigenvalue weighted by atomic mass is 10.0. The van der Waals surface area contributed by atoms with E-state index in [4.69, 9.17) is 4.74 Å². The van der Waals surface area contributed by atoms with E-state index in [2.05, 4.69) is 47.6 Å². The van der Waals surface area contributed by atoms with Crippen molar-refractivity contribution >= 4 is 11.3 Å². The van der Waals surface area contributed by atoms with Gasteiger partial charge in [-0.25, -0.2) is 0 Å². The zero-order valence-corrected chi connectivity index (χ0v) is 13.8. The Morgan fingerprint density at radius 2 is 1.90 bits per heavy atom. The van der Waals surface area contributed by atoms with E-state index in [9.17, 15) is 0 Å². The zero-order chi connectivity index (χ0) is 15.1. The predicted octanol–water partition coefficient (Wildman–Crippen LogP) is 2.99. The van der Waals surface area contributed by atoms with Gasteiger partial charge in [0.05, 0.1) is 6.61 Å². The lowest BCUT2D eigenvalue weighted by Crippen LogP contribution is -2.20. The molecule has 4 nitrogen and oxygen atoms in total. The van der Waals surface area contributed by atoms with E-state index < -0.39 is 0 Å². The highest BCUT2D eigenvalue weighted by molar-refractivity contribution is 7.14. The molecule has 0 aliphatic rings. The molecular weight excluding hydrogens is 282 g/mol. The van der Waals surface area contributed by atoms with Crippen LogP contribution in [0.15, 0.2) is 18.2 Å². The van der Waals surface area contributed by atoms with E-state index in [-0.39, 0.29) is 0 Å². The van der Waals surface area contributed by atoms with Gasteiger partial charge in [0.25, 0.3) is 0 Å². The van der Waals surface area contributed by atoms with E-state index in [0.717, 1.165) is 42.6 Å². The van der Waals surface area contributed by atoms with Crippen LogP contribution in [-0.2, 0) is 11.2 Å². The molecule has 1 aromatic carbocycles. The Morgan fingerprint density at radius 1 is 1.14 bits per heavy atom. The molecule has 0 aliphatic heterocycles. The maximum Gasteiger partial charge on any atom is 0.148 e. The fourth-order valence-corrected chi connectivity index (χ4v) is 3.33. The molecule has 0 bridgehead atoms. The van der Waals surface area contributed by atoms with Crippen molar-refractivity contribution < 1.29 is 4.74 Å². The van der Waals surface area contributed by atoms with E-state index in [0.29, 0.717) is 0 Å². The molecule has 1 heterocycles. The lowest BCUT2D eigenvalue weighted by molar-refractivity contribution is 0.199. The lowest BCUT2D eigenvalue weighted by Gasteiger charge is -2.04. The molecular formula is C16H23N3OS. The fraction of sp³-hybridized carbons (Fsp3) is 0.500. The van der Waals surface area contributed by atoms with Gasteiger partial charge in [0.2, 0.25) is 0 Å². The highest BCUT2D eigenvalue weighted by atomic mass is 32.1. The summed E-state index contributed by atoms with van der Waals surface area (Å²) in [4.78, 5) is 0. The molecule has 1 N–H and O–H groups in total. The average Bonchev–Trinajstić information content (AvgIpc) is 2.91. The van der Waals surface area contributed by atoms with Crippen LogP contribution in [0, 0.1) is 13.8 Å². The molecule has 0 aliphatic carbocycles. The van der Waals surface area contributed by atoms with Crippen LogP contribution in [0.5, 0.6) is 0 Å². The third-order valence-corrected chi connectivity index (χ3v) is 4.39. The predicted molar refractivity (Wildman–Crippen MR) is 87.9 cm³/mol. The van der Waals surface area contributed by atoms with Crippen molar-refractivity contribution in [2.75, 3.05) is 26.8 Å². The van der Waals surface area contributed by atoms with Gasteiger partial charge < -0.3 is 10.1 Å². The summed E-state index contributed by atoms with van der Waals surface area (Å²) in [6.45, 7) is 6.91. The molecule has 0 radical (unpaired) electrons. The molecule has 0 spiro atoms. The van der Waals surface area contributed by atoms with Crippen LogP contribution in [-0.4, -0.2) is 37.0 Å². The van der Waals surface area contributed by atoms with Crippen LogP contribution in [0.2, 0.25) is 0 Å². The minimum Gasteiger partial charge on any atom is -0.383 e. The van der Waals surface area contributed by atoms with Gasteiger partial charge in [0, 0.05) is 25.6 Å². The normalized spacial score (nSPS) is 11.0. The summed E-state index contributed by atoms with van der Waals surface area (Å²) in [7, 11) is 1.72. The summed E-state index contributed by atoms with van der Waals surface area (Å²) in [5.41, 5.74) is 3.76. The monoisotopic (exact) mass is 305 g/mol. The summed E-state index contributed by atoms with van der Waals surface area (Å²) in [6.07, 6.45) is 2.05. The SMILES string of the molecule is COCCNCCCc1nnc(-c2c(C)cccc2C)s1. The fourth-order valence-electron chi connectivity index (χ4n) is 2.27. The Bertz CT molecular complexity index is 548. The van der Waals surface area contributed by atoms with Gasteiger partial charge in [0.1, 0.15) is 10.0 Å². The number of ether oxygens (including phenoxy) is 1. The summed E-state index contributed by atoms with van der Waals surface area (Å²) in [5.74, 6) is 0. The number of hydrogen-bond acceptors (Lipinski definition) is 5. The number of hydrogen-bond donors (Lipinski definition) is 1. The Morgan fingerprint density at radius 3 is 2.62 bits per heavy atom. The first-order chi connectivity index (χ1) is 10.2. The highest BCUT2D eigenvalue weighted by Gasteiger charge is 2.11. The van der Waals surface area contributed by atoms with Gasteiger partial charge in [-0.2, -0.15) is 0 Å². The first-order valence-electron chi connectivity index (χ1n) is 7.31. The molecule has 2 rings (SSSR count). The summed E-state index contributed by atoms with van der Waals surface area (Å²) in [6, 6.07) is 6.34. The molecule has 0 saturated carbocycles. The summed E-state index contributed by atoms with van der Waals surface area (Å²) in [5, 5.41) is 14.2. The van der Waals surface area contributed by atoms with Gasteiger partial charge in [-0.3, -0.25) is 0 Å². The Hall–Kier alpha value is -1.30. The van der Waals surface area contributed by atoms with Crippen LogP contribution in [0.3, 0.4) is 0 Å². The average molecular weight is 305 g/mol. The molecule has 1 aromatic heterocycles. The van der Waals surface area contributed by atoms with E-state index in [1.165, 1.54) is 16.7 Å². The minimum atomic E-state index is 0.759. The largest absolute Gasteiger partial charge is 0.383 e. The number of methoxy groups -OCH3 is 1. The molecule has 0 atom stereocenters. The van der Waals surface area contributed by atoms with Gasteiger partial charge in [0.15, 0.2) is 0 Å². The third-order valence-electron chi connectivity index (χ3n) is 3.39.